The summed E-state index contributed by atoms with van der Waals surface area (Å²) in [6, 6.07) is 5.03. The summed E-state index contributed by atoms with van der Waals surface area (Å²) >= 11 is 0. The SMILES string of the molecule is COc1cc(OC)cc(C2(C(=O)O)CCN(C(=O)OC(C)(C)C)C2)c1. The number of hydrogen-bond donors (Lipinski definition) is 1. The van der Waals surface area contributed by atoms with Gasteiger partial charge >= 0.3 is 12.1 Å². The van der Waals surface area contributed by atoms with E-state index in [-0.39, 0.29) is 13.0 Å². The van der Waals surface area contributed by atoms with Crippen molar-refractivity contribution in [2.75, 3.05) is 27.3 Å². The van der Waals surface area contributed by atoms with Gasteiger partial charge in [0.05, 0.1) is 14.2 Å². The van der Waals surface area contributed by atoms with Crippen molar-refractivity contribution < 1.29 is 28.9 Å². The van der Waals surface area contributed by atoms with Gasteiger partial charge in [-0.1, -0.05) is 0 Å². The van der Waals surface area contributed by atoms with E-state index in [0.29, 0.717) is 23.6 Å². The summed E-state index contributed by atoms with van der Waals surface area (Å²) in [5.74, 6) is 0.0188. The average molecular weight is 351 g/mol. The molecule has 0 radical (unpaired) electrons. The number of ether oxygens (including phenoxy) is 3. The molecule has 1 saturated heterocycles. The molecule has 25 heavy (non-hydrogen) atoms. The molecule has 1 amide bonds. The van der Waals surface area contributed by atoms with Gasteiger partial charge in [-0.15, -0.1) is 0 Å². The predicted octanol–water partition coefficient (Wildman–Crippen LogP) is 2.67. The van der Waals surface area contributed by atoms with Gasteiger partial charge in [0, 0.05) is 19.2 Å². The fourth-order valence-corrected chi connectivity index (χ4v) is 2.91. The van der Waals surface area contributed by atoms with Crippen LogP contribution in [0.25, 0.3) is 0 Å². The lowest BCUT2D eigenvalue weighted by atomic mass is 9.79. The number of nitrogens with zero attached hydrogens (tertiary/aromatic N) is 1. The highest BCUT2D eigenvalue weighted by atomic mass is 16.6. The molecule has 1 aliphatic rings. The predicted molar refractivity (Wildman–Crippen MR) is 91.3 cm³/mol. The summed E-state index contributed by atoms with van der Waals surface area (Å²) in [5.41, 5.74) is -1.31. The van der Waals surface area contributed by atoms with E-state index >= 15 is 0 Å². The van der Waals surface area contributed by atoms with Gasteiger partial charge in [0.1, 0.15) is 22.5 Å². The topological polar surface area (TPSA) is 85.3 Å². The summed E-state index contributed by atoms with van der Waals surface area (Å²) in [4.78, 5) is 25.9. The van der Waals surface area contributed by atoms with E-state index in [1.165, 1.54) is 19.1 Å². The molecule has 0 aliphatic carbocycles. The second kappa shape index (κ2) is 6.82. The molecule has 7 nitrogen and oxygen atoms in total. The Bertz CT molecular complexity index is 644. The minimum absolute atomic E-state index is 0.0353. The number of aliphatic carboxylic acids is 1. The first-order valence-electron chi connectivity index (χ1n) is 8.06. The number of carboxylic acid groups (broad SMARTS) is 1. The molecule has 7 heteroatoms. The third-order valence-corrected chi connectivity index (χ3v) is 4.23. The van der Waals surface area contributed by atoms with Crippen molar-refractivity contribution in [3.05, 3.63) is 23.8 Å². The number of hydrogen-bond acceptors (Lipinski definition) is 5. The molecule has 1 aliphatic heterocycles. The summed E-state index contributed by atoms with van der Waals surface area (Å²) in [5, 5.41) is 9.92. The number of carbonyl (C=O) groups excluding carboxylic acids is 1. The maximum Gasteiger partial charge on any atom is 0.410 e. The number of likely N-dealkylation sites (tertiary alicyclic amines) is 1. The van der Waals surface area contributed by atoms with E-state index in [4.69, 9.17) is 14.2 Å². The molecular formula is C18H25NO6. The molecule has 1 fully saturated rings. The zero-order chi connectivity index (χ0) is 18.8. The van der Waals surface area contributed by atoms with E-state index in [1.807, 2.05) is 0 Å². The summed E-state index contributed by atoms with van der Waals surface area (Å²) in [6.07, 6.45) is -0.219. The van der Waals surface area contributed by atoms with Crippen molar-refractivity contribution in [2.24, 2.45) is 0 Å². The highest BCUT2D eigenvalue weighted by Crippen LogP contribution is 2.39. The number of rotatable bonds is 4. The third-order valence-electron chi connectivity index (χ3n) is 4.23. The first kappa shape index (κ1) is 18.9. The van der Waals surface area contributed by atoms with Crippen LogP contribution >= 0.6 is 0 Å². The number of methoxy groups -OCH3 is 2. The molecule has 1 atom stereocenters. The Kier molecular flexibility index (Phi) is 5.15. The highest BCUT2D eigenvalue weighted by molar-refractivity contribution is 5.84. The molecule has 138 valence electrons. The van der Waals surface area contributed by atoms with Crippen LogP contribution in [0.3, 0.4) is 0 Å². The minimum Gasteiger partial charge on any atom is -0.497 e. The zero-order valence-corrected chi connectivity index (χ0v) is 15.3. The second-order valence-corrected chi connectivity index (χ2v) is 7.14. The molecule has 0 spiro atoms. The smallest absolute Gasteiger partial charge is 0.410 e. The molecule has 2 rings (SSSR count). The standard InChI is InChI=1S/C18H25NO6/c1-17(2,3)25-16(22)19-7-6-18(11-19,15(20)21)12-8-13(23-4)10-14(9-12)24-5/h8-10H,6-7,11H2,1-5H3,(H,20,21). The van der Waals surface area contributed by atoms with E-state index in [1.54, 1.807) is 39.0 Å². The Morgan fingerprint density at radius 3 is 2.12 bits per heavy atom. The molecule has 1 N–H and O–H groups in total. The molecule has 0 saturated carbocycles. The second-order valence-electron chi connectivity index (χ2n) is 7.14. The van der Waals surface area contributed by atoms with Gasteiger partial charge < -0.3 is 24.2 Å². The van der Waals surface area contributed by atoms with Crippen LogP contribution in [0.5, 0.6) is 11.5 Å². The van der Waals surface area contributed by atoms with Crippen molar-refractivity contribution in [1.29, 1.82) is 0 Å². The van der Waals surface area contributed by atoms with Gasteiger partial charge in [-0.25, -0.2) is 4.79 Å². The van der Waals surface area contributed by atoms with Crippen LogP contribution < -0.4 is 9.47 Å². The molecule has 1 heterocycles. The minimum atomic E-state index is -1.22. The normalized spacial score (nSPS) is 20.3. The Balaban J connectivity index is 2.36. The summed E-state index contributed by atoms with van der Waals surface area (Å²) in [6.45, 7) is 5.67. The maximum absolute atomic E-state index is 12.3. The Morgan fingerprint density at radius 1 is 1.12 bits per heavy atom. The monoisotopic (exact) mass is 351 g/mol. The summed E-state index contributed by atoms with van der Waals surface area (Å²) < 4.78 is 15.9. The number of amides is 1. The molecule has 1 aromatic carbocycles. The molecule has 0 bridgehead atoms. The quantitative estimate of drug-likeness (QED) is 0.898. The van der Waals surface area contributed by atoms with Gasteiger partial charge in [0.25, 0.3) is 0 Å². The number of carbonyl (C=O) groups is 2. The van der Waals surface area contributed by atoms with Gasteiger partial charge in [-0.3, -0.25) is 4.79 Å². The lowest BCUT2D eigenvalue weighted by Gasteiger charge is -2.27. The molecule has 0 aromatic heterocycles. The molecule has 1 aromatic rings. The average Bonchev–Trinajstić information content (AvgIpc) is 2.99. The zero-order valence-electron chi connectivity index (χ0n) is 15.3. The van der Waals surface area contributed by atoms with Crippen LogP contribution in [0.4, 0.5) is 4.79 Å². The van der Waals surface area contributed by atoms with Crippen molar-refractivity contribution in [3.8, 4) is 11.5 Å². The van der Waals surface area contributed by atoms with Crippen molar-refractivity contribution in [3.63, 3.8) is 0 Å². The first-order valence-corrected chi connectivity index (χ1v) is 8.06. The van der Waals surface area contributed by atoms with Crippen LogP contribution in [-0.2, 0) is 14.9 Å². The van der Waals surface area contributed by atoms with Gasteiger partial charge in [-0.05, 0) is 44.9 Å². The molecule has 1 unspecified atom stereocenters. The highest BCUT2D eigenvalue weighted by Gasteiger charge is 2.49. The van der Waals surface area contributed by atoms with Gasteiger partial charge in [-0.2, -0.15) is 0 Å². The third kappa shape index (κ3) is 3.97. The fraction of sp³-hybridized carbons (Fsp3) is 0.556. The Labute approximate surface area is 147 Å². The largest absolute Gasteiger partial charge is 0.497 e. The van der Waals surface area contributed by atoms with Crippen LogP contribution in [0, 0.1) is 0 Å². The van der Waals surface area contributed by atoms with Crippen LogP contribution in [0.2, 0.25) is 0 Å². The van der Waals surface area contributed by atoms with Crippen LogP contribution in [-0.4, -0.2) is 55.0 Å². The molecular weight excluding hydrogens is 326 g/mol. The van der Waals surface area contributed by atoms with Crippen LogP contribution in [0.1, 0.15) is 32.8 Å². The summed E-state index contributed by atoms with van der Waals surface area (Å²) in [7, 11) is 3.02. The van der Waals surface area contributed by atoms with E-state index in [0.717, 1.165) is 0 Å². The maximum atomic E-state index is 12.3. The van der Waals surface area contributed by atoms with E-state index in [2.05, 4.69) is 0 Å². The fourth-order valence-electron chi connectivity index (χ4n) is 2.91. The Morgan fingerprint density at radius 2 is 1.68 bits per heavy atom. The Hall–Kier alpha value is -2.44. The van der Waals surface area contributed by atoms with Crippen molar-refractivity contribution >= 4 is 12.1 Å². The van der Waals surface area contributed by atoms with Gasteiger partial charge in [0.2, 0.25) is 0 Å². The number of carboxylic acids is 1. The lowest BCUT2D eigenvalue weighted by Crippen LogP contribution is -2.42. The lowest BCUT2D eigenvalue weighted by molar-refractivity contribution is -0.143. The van der Waals surface area contributed by atoms with E-state index in [9.17, 15) is 14.7 Å². The van der Waals surface area contributed by atoms with Crippen molar-refractivity contribution in [1.82, 2.24) is 4.90 Å². The van der Waals surface area contributed by atoms with E-state index < -0.39 is 23.1 Å². The van der Waals surface area contributed by atoms with Crippen molar-refractivity contribution in [2.45, 2.75) is 38.2 Å². The number of benzene rings is 1. The first-order chi connectivity index (χ1) is 11.6. The van der Waals surface area contributed by atoms with Gasteiger partial charge in [0.15, 0.2) is 0 Å². The van der Waals surface area contributed by atoms with Crippen LogP contribution in [0.15, 0.2) is 18.2 Å².